The van der Waals surface area contributed by atoms with Crippen LogP contribution in [0.1, 0.15) is 31.2 Å². The van der Waals surface area contributed by atoms with E-state index in [1.807, 2.05) is 13.0 Å². The van der Waals surface area contributed by atoms with Crippen molar-refractivity contribution in [3.05, 3.63) is 17.8 Å². The number of aryl methyl sites for hydroxylation is 1. The molecular weight excluding hydrogens is 188 g/mol. The molecule has 1 aliphatic carbocycles. The van der Waals surface area contributed by atoms with Gasteiger partial charge in [-0.2, -0.15) is 0 Å². The molecule has 1 heterocycles. The van der Waals surface area contributed by atoms with E-state index in [1.54, 1.807) is 6.20 Å². The van der Waals surface area contributed by atoms with Gasteiger partial charge in [-0.1, -0.05) is 12.8 Å². The number of nitrogens with zero attached hydrogens (tertiary/aromatic N) is 1. The molecule has 3 nitrogen and oxygen atoms in total. The molecule has 1 fully saturated rings. The van der Waals surface area contributed by atoms with E-state index in [0.717, 1.165) is 17.9 Å². The molecule has 1 aromatic heterocycles. The zero-order valence-corrected chi connectivity index (χ0v) is 9.20. The molecular formula is C12H18N2O. The summed E-state index contributed by atoms with van der Waals surface area (Å²) in [6.45, 7) is 2.73. The Morgan fingerprint density at radius 3 is 2.87 bits per heavy atom. The fourth-order valence-electron chi connectivity index (χ4n) is 1.98. The van der Waals surface area contributed by atoms with Crippen LogP contribution in [0.2, 0.25) is 0 Å². The molecule has 0 aliphatic heterocycles. The highest BCUT2D eigenvalue weighted by atomic mass is 16.5. The number of pyridine rings is 1. The number of nitrogens with two attached hydrogens (primary N) is 1. The first-order valence-corrected chi connectivity index (χ1v) is 5.60. The quantitative estimate of drug-likeness (QED) is 0.826. The normalized spacial score (nSPS) is 16.9. The zero-order chi connectivity index (χ0) is 10.7. The van der Waals surface area contributed by atoms with Crippen LogP contribution in [-0.4, -0.2) is 11.6 Å². The highest BCUT2D eigenvalue weighted by Gasteiger charge is 2.15. The monoisotopic (exact) mass is 206 g/mol. The molecule has 2 rings (SSSR count). The number of anilines is 1. The molecule has 1 aliphatic rings. The van der Waals surface area contributed by atoms with Crippen molar-refractivity contribution in [3.8, 4) is 5.88 Å². The number of hydrogen-bond donors (Lipinski definition) is 1. The Balaban J connectivity index is 1.90. The first-order chi connectivity index (χ1) is 7.25. The minimum absolute atomic E-state index is 0.657. The average molecular weight is 206 g/mol. The second-order valence-electron chi connectivity index (χ2n) is 4.34. The summed E-state index contributed by atoms with van der Waals surface area (Å²) < 4.78 is 5.63. The van der Waals surface area contributed by atoms with Gasteiger partial charge in [0.1, 0.15) is 0 Å². The van der Waals surface area contributed by atoms with Gasteiger partial charge in [0.05, 0.1) is 6.61 Å². The van der Waals surface area contributed by atoms with Gasteiger partial charge in [-0.15, -0.1) is 0 Å². The number of hydrogen-bond acceptors (Lipinski definition) is 3. The van der Waals surface area contributed by atoms with E-state index < -0.39 is 0 Å². The van der Waals surface area contributed by atoms with Gasteiger partial charge in [-0.3, -0.25) is 0 Å². The van der Waals surface area contributed by atoms with Crippen molar-refractivity contribution in [1.82, 2.24) is 4.98 Å². The van der Waals surface area contributed by atoms with Crippen molar-refractivity contribution in [2.75, 3.05) is 12.3 Å². The molecule has 1 aromatic rings. The maximum atomic E-state index is 5.78. The molecule has 0 unspecified atom stereocenters. The van der Waals surface area contributed by atoms with E-state index in [-0.39, 0.29) is 0 Å². The summed E-state index contributed by atoms with van der Waals surface area (Å²) in [7, 11) is 0. The third kappa shape index (κ3) is 2.61. The molecule has 0 radical (unpaired) electrons. The van der Waals surface area contributed by atoms with Crippen molar-refractivity contribution < 1.29 is 4.74 Å². The van der Waals surface area contributed by atoms with Crippen LogP contribution in [0.25, 0.3) is 0 Å². The van der Waals surface area contributed by atoms with Crippen LogP contribution in [0.5, 0.6) is 5.88 Å². The Hall–Kier alpha value is -1.25. The number of ether oxygens (including phenoxy) is 1. The summed E-state index contributed by atoms with van der Waals surface area (Å²) in [6, 6.07) is 1.81. The molecule has 0 aromatic carbocycles. The van der Waals surface area contributed by atoms with E-state index in [1.165, 1.54) is 25.7 Å². The van der Waals surface area contributed by atoms with Crippen molar-refractivity contribution in [2.45, 2.75) is 32.6 Å². The highest BCUT2D eigenvalue weighted by molar-refractivity contribution is 5.47. The lowest BCUT2D eigenvalue weighted by Crippen LogP contribution is -2.09. The van der Waals surface area contributed by atoms with Gasteiger partial charge < -0.3 is 10.5 Å². The lowest BCUT2D eigenvalue weighted by atomic mass is 10.1. The molecule has 0 atom stereocenters. The topological polar surface area (TPSA) is 48.1 Å². The lowest BCUT2D eigenvalue weighted by molar-refractivity contribution is 0.243. The predicted octanol–water partition coefficient (Wildman–Crippen LogP) is 2.54. The van der Waals surface area contributed by atoms with Crippen molar-refractivity contribution in [3.63, 3.8) is 0 Å². The number of rotatable bonds is 3. The van der Waals surface area contributed by atoms with Gasteiger partial charge in [0, 0.05) is 18.0 Å². The molecule has 0 bridgehead atoms. The first-order valence-electron chi connectivity index (χ1n) is 5.60. The molecule has 15 heavy (non-hydrogen) atoms. The van der Waals surface area contributed by atoms with Gasteiger partial charge in [-0.05, 0) is 31.2 Å². The Bertz CT molecular complexity index is 332. The summed E-state index contributed by atoms with van der Waals surface area (Å²) in [4.78, 5) is 4.20. The highest BCUT2D eigenvalue weighted by Crippen LogP contribution is 2.25. The SMILES string of the molecule is Cc1cnc(OCC2CCCC2)cc1N. The Morgan fingerprint density at radius 2 is 2.20 bits per heavy atom. The third-order valence-electron chi connectivity index (χ3n) is 3.06. The molecule has 0 amide bonds. The van der Waals surface area contributed by atoms with Crippen molar-refractivity contribution >= 4 is 5.69 Å². The molecule has 1 saturated carbocycles. The second-order valence-corrected chi connectivity index (χ2v) is 4.34. The molecule has 2 N–H and O–H groups in total. The van der Waals surface area contributed by atoms with Gasteiger partial charge in [0.25, 0.3) is 0 Å². The van der Waals surface area contributed by atoms with Crippen LogP contribution in [0.4, 0.5) is 5.69 Å². The molecule has 0 saturated heterocycles. The van der Waals surface area contributed by atoms with Crippen LogP contribution < -0.4 is 10.5 Å². The third-order valence-corrected chi connectivity index (χ3v) is 3.06. The minimum atomic E-state index is 0.657. The van der Waals surface area contributed by atoms with Gasteiger partial charge in [0.2, 0.25) is 5.88 Å². The summed E-state index contributed by atoms with van der Waals surface area (Å²) in [5.74, 6) is 1.37. The summed E-state index contributed by atoms with van der Waals surface area (Å²) >= 11 is 0. The van der Waals surface area contributed by atoms with Gasteiger partial charge in [0.15, 0.2) is 0 Å². The van der Waals surface area contributed by atoms with Crippen LogP contribution >= 0.6 is 0 Å². The van der Waals surface area contributed by atoms with E-state index in [9.17, 15) is 0 Å². The summed E-state index contributed by atoms with van der Waals surface area (Å²) in [5.41, 5.74) is 7.54. The number of nitrogen functional groups attached to an aromatic ring is 1. The Kier molecular flexibility index (Phi) is 3.09. The first kappa shape index (κ1) is 10.3. The van der Waals surface area contributed by atoms with E-state index >= 15 is 0 Å². The Labute approximate surface area is 90.7 Å². The molecule has 82 valence electrons. The van der Waals surface area contributed by atoms with E-state index in [2.05, 4.69) is 4.98 Å². The molecule has 3 heteroatoms. The maximum Gasteiger partial charge on any atom is 0.215 e. The standard InChI is InChI=1S/C12H18N2O/c1-9-7-14-12(6-11(9)13)15-8-10-4-2-3-5-10/h6-7,10H,2-5,8H2,1H3,(H2,13,14). The maximum absolute atomic E-state index is 5.78. The van der Waals surface area contributed by atoms with Crippen LogP contribution in [-0.2, 0) is 0 Å². The van der Waals surface area contributed by atoms with Crippen LogP contribution in [0, 0.1) is 12.8 Å². The fourth-order valence-corrected chi connectivity index (χ4v) is 1.98. The second kappa shape index (κ2) is 4.51. The summed E-state index contributed by atoms with van der Waals surface area (Å²) in [6.07, 6.45) is 7.04. The van der Waals surface area contributed by atoms with Gasteiger partial charge >= 0.3 is 0 Å². The predicted molar refractivity (Wildman–Crippen MR) is 60.8 cm³/mol. The van der Waals surface area contributed by atoms with E-state index in [0.29, 0.717) is 11.8 Å². The largest absolute Gasteiger partial charge is 0.477 e. The molecule has 0 spiro atoms. The number of aromatic nitrogens is 1. The summed E-state index contributed by atoms with van der Waals surface area (Å²) in [5, 5.41) is 0. The van der Waals surface area contributed by atoms with Gasteiger partial charge in [-0.25, -0.2) is 4.98 Å². The zero-order valence-electron chi connectivity index (χ0n) is 9.20. The van der Waals surface area contributed by atoms with Crippen LogP contribution in [0.15, 0.2) is 12.3 Å². The van der Waals surface area contributed by atoms with E-state index in [4.69, 9.17) is 10.5 Å². The van der Waals surface area contributed by atoms with Crippen LogP contribution in [0.3, 0.4) is 0 Å². The minimum Gasteiger partial charge on any atom is -0.477 e. The average Bonchev–Trinajstić information content (AvgIpc) is 2.73. The Morgan fingerprint density at radius 1 is 1.47 bits per heavy atom. The van der Waals surface area contributed by atoms with Crippen molar-refractivity contribution in [2.24, 2.45) is 5.92 Å². The van der Waals surface area contributed by atoms with Crippen molar-refractivity contribution in [1.29, 1.82) is 0 Å². The smallest absolute Gasteiger partial charge is 0.215 e. The lowest BCUT2D eigenvalue weighted by Gasteiger charge is -2.11. The fraction of sp³-hybridized carbons (Fsp3) is 0.583.